The molecule has 0 aromatic rings. The lowest BCUT2D eigenvalue weighted by Gasteiger charge is -2.45. The van der Waals surface area contributed by atoms with E-state index in [2.05, 4.69) is 82.7 Å². The highest BCUT2D eigenvalue weighted by molar-refractivity contribution is 5.43. The van der Waals surface area contributed by atoms with Gasteiger partial charge in [-0.05, 0) is 144 Å². The highest BCUT2D eigenvalue weighted by atomic mass is 15.2. The second kappa shape index (κ2) is 13.8. The van der Waals surface area contributed by atoms with Crippen molar-refractivity contribution in [2.75, 3.05) is 0 Å². The summed E-state index contributed by atoms with van der Waals surface area (Å²) < 4.78 is 0. The van der Waals surface area contributed by atoms with Crippen molar-refractivity contribution in [3.63, 3.8) is 0 Å². The molecule has 0 amide bonds. The molecule has 0 radical (unpaired) electrons. The smallest absolute Gasteiger partial charge is 0.0397 e. The van der Waals surface area contributed by atoms with Crippen LogP contribution in [0.25, 0.3) is 0 Å². The second-order valence-corrected chi connectivity index (χ2v) is 18.4. The average molecular weight is 669 g/mol. The Kier molecular flexibility index (Phi) is 8.90. The van der Waals surface area contributed by atoms with Gasteiger partial charge in [0, 0.05) is 53.3 Å². The number of allylic oxidation sites excluding steroid dienone is 12. The number of rotatable bonds is 5. The van der Waals surface area contributed by atoms with Crippen molar-refractivity contribution in [3.8, 4) is 0 Å². The summed E-state index contributed by atoms with van der Waals surface area (Å²) in [6.45, 7) is 0. The van der Waals surface area contributed by atoms with Gasteiger partial charge in [-0.15, -0.1) is 0 Å². The lowest BCUT2D eigenvalue weighted by molar-refractivity contribution is 0.130. The van der Waals surface area contributed by atoms with Crippen LogP contribution in [0.2, 0.25) is 0 Å². The van der Waals surface area contributed by atoms with Crippen LogP contribution in [-0.4, -0.2) is 34.0 Å². The number of hydrogen-bond acceptors (Lipinski definition) is 2. The predicted molar refractivity (Wildman–Crippen MR) is 208 cm³/mol. The quantitative estimate of drug-likeness (QED) is 0.269. The van der Waals surface area contributed by atoms with E-state index in [0.717, 1.165) is 23.9 Å². The van der Waals surface area contributed by atoms with Gasteiger partial charge >= 0.3 is 0 Å². The van der Waals surface area contributed by atoms with E-state index in [1.807, 2.05) is 0 Å². The molecule has 50 heavy (non-hydrogen) atoms. The normalized spacial score (nSPS) is 42.6. The van der Waals surface area contributed by atoms with Crippen LogP contribution in [0.5, 0.6) is 0 Å². The maximum atomic E-state index is 3.14. The lowest BCUT2D eigenvalue weighted by Crippen LogP contribution is -2.44. The first kappa shape index (κ1) is 32.2. The van der Waals surface area contributed by atoms with Crippen LogP contribution in [0.1, 0.15) is 128 Å². The molecule has 11 unspecified atom stereocenters. The Labute approximate surface area is 304 Å². The van der Waals surface area contributed by atoms with Gasteiger partial charge in [0.15, 0.2) is 0 Å². The molecule has 8 aliphatic carbocycles. The molecule has 2 fully saturated rings. The number of likely N-dealkylation sites (tertiary alicyclic amines) is 1. The first-order valence-corrected chi connectivity index (χ1v) is 21.8. The fourth-order valence-corrected chi connectivity index (χ4v) is 13.5. The first-order chi connectivity index (χ1) is 24.8. The van der Waals surface area contributed by atoms with Crippen molar-refractivity contribution < 1.29 is 0 Å². The Bertz CT molecular complexity index is 1520. The third kappa shape index (κ3) is 5.73. The maximum Gasteiger partial charge on any atom is 0.0397 e. The molecular weight excluding hydrogens is 605 g/mol. The molecule has 2 heterocycles. The molecule has 2 heteroatoms. The summed E-state index contributed by atoms with van der Waals surface area (Å²) in [5.74, 6) is 5.71. The van der Waals surface area contributed by atoms with E-state index in [4.69, 9.17) is 0 Å². The van der Waals surface area contributed by atoms with Crippen LogP contribution >= 0.6 is 0 Å². The zero-order valence-electron chi connectivity index (χ0n) is 30.9. The van der Waals surface area contributed by atoms with E-state index < -0.39 is 0 Å². The molecule has 1 saturated carbocycles. The van der Waals surface area contributed by atoms with Crippen LogP contribution in [0.15, 0.2) is 95.5 Å². The van der Waals surface area contributed by atoms with Crippen LogP contribution in [0, 0.1) is 47.3 Å². The largest absolute Gasteiger partial charge is 0.368 e. The van der Waals surface area contributed by atoms with Crippen molar-refractivity contribution in [1.29, 1.82) is 0 Å². The molecule has 2 aliphatic heterocycles. The van der Waals surface area contributed by atoms with Gasteiger partial charge in [0.25, 0.3) is 0 Å². The molecule has 1 saturated heterocycles. The monoisotopic (exact) mass is 669 g/mol. The topological polar surface area (TPSA) is 6.48 Å². The second-order valence-electron chi connectivity index (χ2n) is 18.4. The van der Waals surface area contributed by atoms with Crippen LogP contribution in [-0.2, 0) is 0 Å². The average Bonchev–Trinajstić information content (AvgIpc) is 3.71. The van der Waals surface area contributed by atoms with Gasteiger partial charge in [0.05, 0.1) is 0 Å². The van der Waals surface area contributed by atoms with Crippen LogP contribution < -0.4 is 0 Å². The van der Waals surface area contributed by atoms with Gasteiger partial charge in [-0.2, -0.15) is 0 Å². The number of fused-ring (bicyclic) bond motifs is 5. The van der Waals surface area contributed by atoms with Crippen molar-refractivity contribution in [2.45, 2.75) is 153 Å². The number of nitrogens with zero attached hydrogens (tertiary/aromatic N) is 2. The molecule has 266 valence electrons. The van der Waals surface area contributed by atoms with Gasteiger partial charge in [0.1, 0.15) is 0 Å². The maximum absolute atomic E-state index is 3.14. The summed E-state index contributed by atoms with van der Waals surface area (Å²) in [4.78, 5) is 6.18. The summed E-state index contributed by atoms with van der Waals surface area (Å²) in [5.41, 5.74) is 7.04. The van der Waals surface area contributed by atoms with Gasteiger partial charge in [-0.25, -0.2) is 0 Å². The summed E-state index contributed by atoms with van der Waals surface area (Å²) in [6.07, 6.45) is 58.9. The lowest BCUT2D eigenvalue weighted by atomic mass is 9.70. The van der Waals surface area contributed by atoms with Crippen molar-refractivity contribution in [1.82, 2.24) is 9.80 Å². The summed E-state index contributed by atoms with van der Waals surface area (Å²) >= 11 is 0. The van der Waals surface area contributed by atoms with E-state index in [-0.39, 0.29) is 0 Å². The van der Waals surface area contributed by atoms with Crippen molar-refractivity contribution >= 4 is 0 Å². The fraction of sp³-hybridized carbons (Fsp3) is 0.667. The third-order valence-electron chi connectivity index (χ3n) is 15.9. The Morgan fingerprint density at radius 2 is 1.44 bits per heavy atom. The molecule has 0 N–H and O–H groups in total. The van der Waals surface area contributed by atoms with Crippen LogP contribution in [0.4, 0.5) is 0 Å². The summed E-state index contributed by atoms with van der Waals surface area (Å²) in [5, 5.41) is 0. The van der Waals surface area contributed by atoms with Crippen molar-refractivity contribution in [3.05, 3.63) is 95.5 Å². The minimum Gasteiger partial charge on any atom is -0.368 e. The van der Waals surface area contributed by atoms with Crippen LogP contribution in [0.3, 0.4) is 0 Å². The molecule has 0 spiro atoms. The Balaban J connectivity index is 0.945. The highest BCUT2D eigenvalue weighted by Crippen LogP contribution is 2.54. The third-order valence-corrected chi connectivity index (χ3v) is 15.9. The Morgan fingerprint density at radius 1 is 0.580 bits per heavy atom. The van der Waals surface area contributed by atoms with E-state index in [1.165, 1.54) is 128 Å². The molecule has 2 nitrogen and oxygen atoms in total. The summed E-state index contributed by atoms with van der Waals surface area (Å²) in [6, 6.07) is 2.86. The molecule has 11 atom stereocenters. The van der Waals surface area contributed by atoms with E-state index in [9.17, 15) is 0 Å². The SMILES string of the molecule is C1=CCC(C2CC(N3C4CCC=CC4C4C=CC(C5C=CC6=C(C5)N(C5CCCCC5)C5CCC=CC65)CC43)=CC(C3=CCCCC3)C2)CC1. The molecular formula is C48H64N2. The molecule has 0 bridgehead atoms. The summed E-state index contributed by atoms with van der Waals surface area (Å²) in [7, 11) is 0. The first-order valence-electron chi connectivity index (χ1n) is 21.8. The zero-order chi connectivity index (χ0) is 33.0. The minimum absolute atomic E-state index is 0.641. The molecule has 0 aromatic carbocycles. The zero-order valence-corrected chi connectivity index (χ0v) is 30.9. The number of hydrogen-bond donors (Lipinski definition) is 0. The molecule has 0 aromatic heterocycles. The molecule has 10 aliphatic rings. The Morgan fingerprint density at radius 3 is 2.30 bits per heavy atom. The Hall–Kier alpha value is -2.48. The highest BCUT2D eigenvalue weighted by Gasteiger charge is 2.52. The van der Waals surface area contributed by atoms with Crippen molar-refractivity contribution in [2.24, 2.45) is 47.3 Å². The molecule has 10 rings (SSSR count). The van der Waals surface area contributed by atoms with Gasteiger partial charge < -0.3 is 9.80 Å². The minimum atomic E-state index is 0.641. The predicted octanol–water partition coefficient (Wildman–Crippen LogP) is 11.8. The standard InChI is InChI=1S/C48H64N2/c1-4-14-33(15-5-1)37-28-38(34-16-6-2-7-17-34)30-40(29-37)50-46-23-13-11-21-42(46)44-27-25-36(32-48(44)50)35-24-26-43-41-20-10-12-22-45(41)49(47(43)31-35)39-18-8-3-9-19-39/h1,4,10-11,16,20-21,24-27,30,33,35-39,41-42,44-46,48H,2-3,5-9,12-15,17-19,22-23,28-29,31-32H2. The van der Waals surface area contributed by atoms with E-state index >= 15 is 0 Å². The van der Waals surface area contributed by atoms with E-state index in [1.54, 1.807) is 22.5 Å². The van der Waals surface area contributed by atoms with E-state index in [0.29, 0.717) is 47.6 Å². The van der Waals surface area contributed by atoms with Gasteiger partial charge in [0.2, 0.25) is 0 Å². The van der Waals surface area contributed by atoms with Gasteiger partial charge in [-0.3, -0.25) is 0 Å². The van der Waals surface area contributed by atoms with Gasteiger partial charge in [-0.1, -0.05) is 97.7 Å². The fourth-order valence-electron chi connectivity index (χ4n) is 13.5.